The van der Waals surface area contributed by atoms with E-state index in [1.807, 2.05) is 6.07 Å². The number of rotatable bonds is 5. The Labute approximate surface area is 123 Å². The highest BCUT2D eigenvalue weighted by Gasteiger charge is 2.04. The molecule has 0 saturated carbocycles. The molecule has 0 aromatic heterocycles. The number of hydrogen-bond donors (Lipinski definition) is 2. The topological polar surface area (TPSA) is 38.0 Å². The summed E-state index contributed by atoms with van der Waals surface area (Å²) >= 11 is 11.9. The van der Waals surface area contributed by atoms with E-state index in [0.717, 1.165) is 25.1 Å². The largest absolute Gasteiger partial charge is 0.397 e. The number of nitrogens with two attached hydrogens (primary N) is 1. The molecule has 19 heavy (non-hydrogen) atoms. The Morgan fingerprint density at radius 2 is 1.68 bits per heavy atom. The van der Waals surface area contributed by atoms with Crippen LogP contribution in [-0.2, 0) is 6.42 Å². The molecule has 2 aromatic carbocycles. The van der Waals surface area contributed by atoms with Crippen LogP contribution < -0.4 is 11.1 Å². The van der Waals surface area contributed by atoms with Crippen LogP contribution in [0.15, 0.2) is 42.5 Å². The highest BCUT2D eigenvalue weighted by molar-refractivity contribution is 6.42. The van der Waals surface area contributed by atoms with Crippen LogP contribution in [0.3, 0.4) is 0 Å². The molecule has 2 aromatic rings. The van der Waals surface area contributed by atoms with Gasteiger partial charge in [-0.3, -0.25) is 0 Å². The minimum absolute atomic E-state index is 0.481. The van der Waals surface area contributed by atoms with Gasteiger partial charge in [0.05, 0.1) is 21.4 Å². The van der Waals surface area contributed by atoms with E-state index in [2.05, 4.69) is 29.6 Å². The molecule has 100 valence electrons. The third kappa shape index (κ3) is 4.05. The Bertz CT molecular complexity index is 541. The zero-order chi connectivity index (χ0) is 13.7. The summed E-state index contributed by atoms with van der Waals surface area (Å²) in [7, 11) is 0. The van der Waals surface area contributed by atoms with E-state index in [-0.39, 0.29) is 0 Å². The number of anilines is 2. The van der Waals surface area contributed by atoms with Gasteiger partial charge < -0.3 is 11.1 Å². The maximum Gasteiger partial charge on any atom is 0.0614 e. The normalized spacial score (nSPS) is 10.4. The Kier molecular flexibility index (Phi) is 4.94. The average Bonchev–Trinajstić information content (AvgIpc) is 2.41. The van der Waals surface area contributed by atoms with Crippen molar-refractivity contribution in [3.63, 3.8) is 0 Å². The molecule has 4 heteroatoms. The molecule has 0 radical (unpaired) electrons. The average molecular weight is 295 g/mol. The van der Waals surface area contributed by atoms with Gasteiger partial charge in [-0.05, 0) is 30.5 Å². The summed E-state index contributed by atoms with van der Waals surface area (Å²) in [5.41, 5.74) is 8.67. The van der Waals surface area contributed by atoms with Gasteiger partial charge in [-0.1, -0.05) is 53.5 Å². The monoisotopic (exact) mass is 294 g/mol. The second-order valence-corrected chi connectivity index (χ2v) is 5.18. The van der Waals surface area contributed by atoms with Crippen molar-refractivity contribution in [2.75, 3.05) is 17.6 Å². The van der Waals surface area contributed by atoms with Gasteiger partial charge in [0.2, 0.25) is 0 Å². The maximum atomic E-state index is 5.97. The molecule has 0 aliphatic rings. The van der Waals surface area contributed by atoms with Gasteiger partial charge in [0.25, 0.3) is 0 Å². The Morgan fingerprint density at radius 3 is 2.42 bits per heavy atom. The van der Waals surface area contributed by atoms with Crippen LogP contribution in [0.2, 0.25) is 10.0 Å². The smallest absolute Gasteiger partial charge is 0.0614 e. The number of nitrogen functional groups attached to an aromatic ring is 1. The first-order chi connectivity index (χ1) is 9.16. The molecule has 0 atom stereocenters. The van der Waals surface area contributed by atoms with Crippen LogP contribution in [-0.4, -0.2) is 6.54 Å². The van der Waals surface area contributed by atoms with Gasteiger partial charge in [-0.2, -0.15) is 0 Å². The standard InChI is InChI=1S/C15H16Cl2N2/c16-12-9-14(18)15(10-13(12)17)19-8-4-7-11-5-2-1-3-6-11/h1-3,5-6,9-10,19H,4,7-8,18H2. The van der Waals surface area contributed by atoms with Crippen LogP contribution >= 0.6 is 23.2 Å². The van der Waals surface area contributed by atoms with Crippen molar-refractivity contribution >= 4 is 34.6 Å². The third-order valence-corrected chi connectivity index (χ3v) is 3.62. The lowest BCUT2D eigenvalue weighted by Gasteiger charge is -2.10. The lowest BCUT2D eigenvalue weighted by molar-refractivity contribution is 0.863. The fourth-order valence-electron chi connectivity index (χ4n) is 1.88. The summed E-state index contributed by atoms with van der Waals surface area (Å²) in [6.07, 6.45) is 2.07. The molecule has 2 nitrogen and oxygen atoms in total. The number of aryl methyl sites for hydroxylation is 1. The summed E-state index contributed by atoms with van der Waals surface area (Å²) in [6.45, 7) is 0.844. The molecular formula is C15H16Cl2N2. The van der Waals surface area contributed by atoms with Gasteiger partial charge in [0, 0.05) is 6.54 Å². The molecule has 0 saturated heterocycles. The summed E-state index contributed by atoms with van der Waals surface area (Å²) in [5.74, 6) is 0. The van der Waals surface area contributed by atoms with E-state index in [4.69, 9.17) is 28.9 Å². The SMILES string of the molecule is Nc1cc(Cl)c(Cl)cc1NCCCc1ccccc1. The zero-order valence-corrected chi connectivity index (χ0v) is 12.0. The van der Waals surface area contributed by atoms with Crippen LogP contribution in [0.5, 0.6) is 0 Å². The highest BCUT2D eigenvalue weighted by Crippen LogP contribution is 2.30. The third-order valence-electron chi connectivity index (χ3n) is 2.89. The predicted octanol–water partition coefficient (Wildman–Crippen LogP) is 4.62. The number of nitrogens with one attached hydrogen (secondary N) is 1. The predicted molar refractivity (Wildman–Crippen MR) is 84.1 cm³/mol. The molecule has 0 aliphatic carbocycles. The van der Waals surface area contributed by atoms with Gasteiger partial charge >= 0.3 is 0 Å². The van der Waals surface area contributed by atoms with Crippen molar-refractivity contribution in [2.24, 2.45) is 0 Å². The van der Waals surface area contributed by atoms with E-state index >= 15 is 0 Å². The second kappa shape index (κ2) is 6.69. The maximum absolute atomic E-state index is 5.97. The fraction of sp³-hybridized carbons (Fsp3) is 0.200. The lowest BCUT2D eigenvalue weighted by atomic mass is 10.1. The number of hydrogen-bond acceptors (Lipinski definition) is 2. The summed E-state index contributed by atoms with van der Waals surface area (Å²) < 4.78 is 0. The molecule has 0 heterocycles. The van der Waals surface area contributed by atoms with Crippen LogP contribution in [0.1, 0.15) is 12.0 Å². The first-order valence-corrected chi connectivity index (χ1v) is 6.95. The van der Waals surface area contributed by atoms with E-state index in [9.17, 15) is 0 Å². The van der Waals surface area contributed by atoms with E-state index < -0.39 is 0 Å². The molecule has 3 N–H and O–H groups in total. The molecule has 0 aliphatic heterocycles. The molecule has 0 amide bonds. The molecular weight excluding hydrogens is 279 g/mol. The minimum Gasteiger partial charge on any atom is -0.397 e. The number of benzene rings is 2. The highest BCUT2D eigenvalue weighted by atomic mass is 35.5. The van der Waals surface area contributed by atoms with Gasteiger partial charge in [0.15, 0.2) is 0 Å². The minimum atomic E-state index is 0.481. The second-order valence-electron chi connectivity index (χ2n) is 4.37. The van der Waals surface area contributed by atoms with Crippen molar-refractivity contribution in [3.05, 3.63) is 58.1 Å². The molecule has 2 rings (SSSR count). The van der Waals surface area contributed by atoms with Gasteiger partial charge in [-0.15, -0.1) is 0 Å². The van der Waals surface area contributed by atoms with Crippen molar-refractivity contribution < 1.29 is 0 Å². The van der Waals surface area contributed by atoms with Crippen molar-refractivity contribution in [1.29, 1.82) is 0 Å². The van der Waals surface area contributed by atoms with Crippen molar-refractivity contribution in [1.82, 2.24) is 0 Å². The first kappa shape index (κ1) is 14.0. The van der Waals surface area contributed by atoms with Crippen LogP contribution in [0.25, 0.3) is 0 Å². The molecule has 0 unspecified atom stereocenters. The van der Waals surface area contributed by atoms with E-state index in [1.165, 1.54) is 5.56 Å². The van der Waals surface area contributed by atoms with E-state index in [0.29, 0.717) is 15.7 Å². The summed E-state index contributed by atoms with van der Waals surface area (Å²) in [6, 6.07) is 13.8. The Balaban J connectivity index is 1.85. The molecule has 0 spiro atoms. The Morgan fingerprint density at radius 1 is 1.00 bits per heavy atom. The Hall–Kier alpha value is -1.38. The van der Waals surface area contributed by atoms with Gasteiger partial charge in [-0.25, -0.2) is 0 Å². The molecule has 0 fully saturated rings. The number of halogens is 2. The van der Waals surface area contributed by atoms with Crippen molar-refractivity contribution in [3.8, 4) is 0 Å². The summed E-state index contributed by atoms with van der Waals surface area (Å²) in [5, 5.41) is 4.28. The first-order valence-electron chi connectivity index (χ1n) is 6.19. The van der Waals surface area contributed by atoms with Crippen LogP contribution in [0, 0.1) is 0 Å². The van der Waals surface area contributed by atoms with Gasteiger partial charge in [0.1, 0.15) is 0 Å². The van der Waals surface area contributed by atoms with Crippen molar-refractivity contribution in [2.45, 2.75) is 12.8 Å². The van der Waals surface area contributed by atoms with Crippen LogP contribution in [0.4, 0.5) is 11.4 Å². The fourth-order valence-corrected chi connectivity index (χ4v) is 2.21. The quantitative estimate of drug-likeness (QED) is 0.624. The zero-order valence-electron chi connectivity index (χ0n) is 10.5. The summed E-state index contributed by atoms with van der Waals surface area (Å²) in [4.78, 5) is 0. The van der Waals surface area contributed by atoms with E-state index in [1.54, 1.807) is 12.1 Å². The lowest BCUT2D eigenvalue weighted by Crippen LogP contribution is -2.05. The molecule has 0 bridgehead atoms.